The standard InChI is InChI=1S/C29H28O10/c1-3-4-9-36-17-12-19(32)25-23(13-17)39-29(27(34)26(25)33)16-6-8-20-22(11-16)38-28(24(14-30)37-20)15-5-7-18(31)21(10-15)35-2/h5-8,10-13,24,28,30-32,34H,3-4,9,14H2,1-2H3. The fourth-order valence-electron chi connectivity index (χ4n) is 4.44. The number of benzene rings is 3. The van der Waals surface area contributed by atoms with E-state index in [1.54, 1.807) is 30.3 Å². The van der Waals surface area contributed by atoms with E-state index in [2.05, 4.69) is 0 Å². The summed E-state index contributed by atoms with van der Waals surface area (Å²) < 4.78 is 28.9. The van der Waals surface area contributed by atoms with Crippen molar-refractivity contribution in [2.24, 2.45) is 0 Å². The minimum Gasteiger partial charge on any atom is -0.507 e. The summed E-state index contributed by atoms with van der Waals surface area (Å²) in [4.78, 5) is 13.0. The zero-order chi connectivity index (χ0) is 27.7. The van der Waals surface area contributed by atoms with Gasteiger partial charge in [0, 0.05) is 23.3 Å². The normalized spacial score (nSPS) is 16.3. The third kappa shape index (κ3) is 4.86. The Bertz CT molecular complexity index is 1580. The van der Waals surface area contributed by atoms with E-state index in [-0.39, 0.29) is 46.3 Å². The maximum Gasteiger partial charge on any atom is 0.238 e. The molecule has 0 bridgehead atoms. The number of unbranched alkanes of at least 4 members (excludes halogenated alkanes) is 1. The number of phenolic OH excluding ortho intramolecular Hbond substituents is 2. The zero-order valence-electron chi connectivity index (χ0n) is 21.3. The summed E-state index contributed by atoms with van der Waals surface area (Å²) in [6.45, 7) is 2.11. The Morgan fingerprint density at radius 1 is 0.949 bits per heavy atom. The van der Waals surface area contributed by atoms with Crippen molar-refractivity contribution in [2.45, 2.75) is 32.0 Å². The number of aliphatic hydroxyl groups is 1. The van der Waals surface area contributed by atoms with E-state index in [9.17, 15) is 25.2 Å². The van der Waals surface area contributed by atoms with Gasteiger partial charge in [0.2, 0.25) is 11.2 Å². The first-order valence-electron chi connectivity index (χ1n) is 12.5. The molecule has 10 heteroatoms. The molecule has 4 aromatic rings. The summed E-state index contributed by atoms with van der Waals surface area (Å²) in [7, 11) is 1.42. The molecule has 4 N–H and O–H groups in total. The Hall–Kier alpha value is -4.57. The Morgan fingerprint density at radius 2 is 1.77 bits per heavy atom. The lowest BCUT2D eigenvalue weighted by Gasteiger charge is -2.33. The molecule has 0 saturated heterocycles. The van der Waals surface area contributed by atoms with Crippen LogP contribution in [0.15, 0.2) is 57.7 Å². The summed E-state index contributed by atoms with van der Waals surface area (Å²) in [5.41, 5.74) is 0.151. The second-order valence-electron chi connectivity index (χ2n) is 9.10. The van der Waals surface area contributed by atoms with Gasteiger partial charge < -0.3 is 43.8 Å². The summed E-state index contributed by atoms with van der Waals surface area (Å²) in [5.74, 6) is -0.0398. The number of phenols is 2. The van der Waals surface area contributed by atoms with E-state index in [1.807, 2.05) is 6.92 Å². The quantitative estimate of drug-likeness (QED) is 0.235. The predicted molar refractivity (Wildman–Crippen MR) is 141 cm³/mol. The molecule has 0 saturated carbocycles. The molecule has 1 aliphatic heterocycles. The molecule has 10 nitrogen and oxygen atoms in total. The van der Waals surface area contributed by atoms with Crippen LogP contribution in [0.4, 0.5) is 0 Å². The molecule has 39 heavy (non-hydrogen) atoms. The van der Waals surface area contributed by atoms with Crippen molar-refractivity contribution in [3.8, 4) is 51.6 Å². The van der Waals surface area contributed by atoms with Crippen molar-refractivity contribution in [1.82, 2.24) is 0 Å². The second kappa shape index (κ2) is 10.7. The van der Waals surface area contributed by atoms with Crippen LogP contribution in [0.1, 0.15) is 31.4 Å². The first-order chi connectivity index (χ1) is 18.8. The van der Waals surface area contributed by atoms with Crippen LogP contribution in [0.2, 0.25) is 0 Å². The van der Waals surface area contributed by atoms with Gasteiger partial charge in [0.15, 0.2) is 41.0 Å². The maximum atomic E-state index is 13.0. The molecule has 0 amide bonds. The van der Waals surface area contributed by atoms with E-state index in [1.165, 1.54) is 25.3 Å². The average molecular weight is 537 g/mol. The van der Waals surface area contributed by atoms with Crippen LogP contribution in [0.3, 0.4) is 0 Å². The fourth-order valence-corrected chi connectivity index (χ4v) is 4.44. The maximum absolute atomic E-state index is 13.0. The van der Waals surface area contributed by atoms with Crippen molar-refractivity contribution in [2.75, 3.05) is 20.3 Å². The molecular formula is C29H28O10. The highest BCUT2D eigenvalue weighted by Crippen LogP contribution is 2.44. The fraction of sp³-hybridized carbons (Fsp3) is 0.276. The van der Waals surface area contributed by atoms with Crippen LogP contribution in [-0.2, 0) is 0 Å². The van der Waals surface area contributed by atoms with Crippen molar-refractivity contribution in [1.29, 1.82) is 0 Å². The molecule has 0 spiro atoms. The molecule has 204 valence electrons. The van der Waals surface area contributed by atoms with Gasteiger partial charge in [-0.1, -0.05) is 19.4 Å². The lowest BCUT2D eigenvalue weighted by atomic mass is 10.0. The van der Waals surface area contributed by atoms with Gasteiger partial charge in [0.05, 0.1) is 20.3 Å². The molecule has 2 heterocycles. The first kappa shape index (κ1) is 26.1. The summed E-state index contributed by atoms with van der Waals surface area (Å²) >= 11 is 0. The number of rotatable bonds is 8. The van der Waals surface area contributed by atoms with Gasteiger partial charge in [-0.15, -0.1) is 0 Å². The molecule has 0 radical (unpaired) electrons. The molecule has 1 aromatic heterocycles. The molecule has 2 atom stereocenters. The zero-order valence-corrected chi connectivity index (χ0v) is 21.3. The summed E-state index contributed by atoms with van der Waals surface area (Å²) in [6.07, 6.45) is 0.232. The van der Waals surface area contributed by atoms with Gasteiger partial charge >= 0.3 is 0 Å². The predicted octanol–water partition coefficient (Wildman–Crippen LogP) is 4.64. The largest absolute Gasteiger partial charge is 0.507 e. The second-order valence-corrected chi connectivity index (χ2v) is 9.10. The summed E-state index contributed by atoms with van der Waals surface area (Å²) in [6, 6.07) is 12.2. The van der Waals surface area contributed by atoms with Crippen molar-refractivity contribution >= 4 is 11.0 Å². The molecule has 1 aliphatic rings. The number of aromatic hydroxyl groups is 3. The Balaban J connectivity index is 1.55. The molecule has 5 rings (SSSR count). The first-order valence-corrected chi connectivity index (χ1v) is 12.5. The van der Waals surface area contributed by atoms with Gasteiger partial charge in [-0.05, 0) is 36.8 Å². The highest BCUT2D eigenvalue weighted by atomic mass is 16.6. The Labute approximate surface area is 223 Å². The lowest BCUT2D eigenvalue weighted by molar-refractivity contribution is -0.0123. The van der Waals surface area contributed by atoms with Gasteiger partial charge in [-0.2, -0.15) is 0 Å². The minimum atomic E-state index is -0.798. The highest BCUT2D eigenvalue weighted by molar-refractivity contribution is 5.88. The van der Waals surface area contributed by atoms with E-state index in [0.717, 1.165) is 12.8 Å². The van der Waals surface area contributed by atoms with Crippen LogP contribution in [-0.4, -0.2) is 46.9 Å². The van der Waals surface area contributed by atoms with Gasteiger partial charge in [0.1, 0.15) is 22.5 Å². The average Bonchev–Trinajstić information content (AvgIpc) is 2.94. The molecular weight excluding hydrogens is 508 g/mol. The number of aliphatic hydroxyl groups excluding tert-OH is 1. The van der Waals surface area contributed by atoms with E-state index in [0.29, 0.717) is 29.2 Å². The Morgan fingerprint density at radius 3 is 2.51 bits per heavy atom. The van der Waals surface area contributed by atoms with Crippen LogP contribution in [0, 0.1) is 0 Å². The van der Waals surface area contributed by atoms with Crippen molar-refractivity contribution < 1.29 is 43.8 Å². The third-order valence-electron chi connectivity index (χ3n) is 6.48. The van der Waals surface area contributed by atoms with E-state index < -0.39 is 23.4 Å². The minimum absolute atomic E-state index is 0.0450. The van der Waals surface area contributed by atoms with Crippen LogP contribution in [0.25, 0.3) is 22.3 Å². The number of ether oxygens (including phenoxy) is 4. The topological polar surface area (TPSA) is 148 Å². The molecule has 2 unspecified atom stereocenters. The number of fused-ring (bicyclic) bond motifs is 2. The number of hydrogen-bond acceptors (Lipinski definition) is 10. The SMILES string of the molecule is CCCCOc1cc(O)c2c(=O)c(O)c(-c3ccc4c(c3)OC(c3ccc(O)c(OC)c3)C(CO)O4)oc2c1. The monoisotopic (exact) mass is 536 g/mol. The van der Waals surface area contributed by atoms with Gasteiger partial charge in [0.25, 0.3) is 0 Å². The van der Waals surface area contributed by atoms with Crippen molar-refractivity contribution in [3.63, 3.8) is 0 Å². The van der Waals surface area contributed by atoms with Crippen LogP contribution < -0.4 is 24.4 Å². The van der Waals surface area contributed by atoms with E-state index >= 15 is 0 Å². The Kier molecular flexibility index (Phi) is 7.12. The number of hydrogen-bond donors (Lipinski definition) is 4. The van der Waals surface area contributed by atoms with Crippen LogP contribution in [0.5, 0.6) is 40.2 Å². The van der Waals surface area contributed by atoms with Gasteiger partial charge in [-0.25, -0.2) is 0 Å². The van der Waals surface area contributed by atoms with Crippen LogP contribution >= 0.6 is 0 Å². The third-order valence-corrected chi connectivity index (χ3v) is 6.48. The number of methoxy groups -OCH3 is 1. The molecule has 0 aliphatic carbocycles. The lowest BCUT2D eigenvalue weighted by Crippen LogP contribution is -2.36. The van der Waals surface area contributed by atoms with E-state index in [4.69, 9.17) is 23.4 Å². The smallest absolute Gasteiger partial charge is 0.238 e. The summed E-state index contributed by atoms with van der Waals surface area (Å²) in [5, 5.41) is 40.9. The molecule has 0 fully saturated rings. The highest BCUT2D eigenvalue weighted by Gasteiger charge is 2.34. The van der Waals surface area contributed by atoms with Gasteiger partial charge in [-0.3, -0.25) is 4.79 Å². The van der Waals surface area contributed by atoms with Crippen molar-refractivity contribution in [3.05, 3.63) is 64.3 Å². The molecule has 3 aromatic carbocycles.